The van der Waals surface area contributed by atoms with Crippen LogP contribution in [-0.2, 0) is 19.3 Å². The van der Waals surface area contributed by atoms with Crippen LogP contribution in [0.4, 0.5) is 5.82 Å². The molecule has 0 saturated carbocycles. The van der Waals surface area contributed by atoms with E-state index in [4.69, 9.17) is 5.73 Å². The van der Waals surface area contributed by atoms with Gasteiger partial charge in [0, 0.05) is 6.42 Å². The first-order valence-corrected chi connectivity index (χ1v) is 6.62. The quantitative estimate of drug-likeness (QED) is 0.861. The number of aromatic nitrogens is 2. The second kappa shape index (κ2) is 6.18. The van der Waals surface area contributed by atoms with Gasteiger partial charge in [0.1, 0.15) is 11.6 Å². The number of hydrogen-bond donors (Lipinski definition) is 2. The molecule has 0 fully saturated rings. The fraction of sp³-hybridized carbons (Fsp3) is 0.333. The lowest BCUT2D eigenvalue weighted by molar-refractivity contribution is 0.821. The molecule has 0 aliphatic rings. The van der Waals surface area contributed by atoms with Gasteiger partial charge in [0.25, 0.3) is 5.56 Å². The number of aryl methyl sites for hydroxylation is 2. The molecule has 0 radical (unpaired) electrons. The van der Waals surface area contributed by atoms with Gasteiger partial charge in [0.15, 0.2) is 0 Å². The Balaban J connectivity index is 2.12. The Hall–Kier alpha value is -2.10. The second-order valence-corrected chi connectivity index (χ2v) is 4.61. The number of nitrogens with zero attached hydrogens (tertiary/aromatic N) is 1. The van der Waals surface area contributed by atoms with E-state index in [0.29, 0.717) is 30.0 Å². The van der Waals surface area contributed by atoms with Crippen molar-refractivity contribution in [1.82, 2.24) is 9.97 Å². The number of nitrogen functional groups attached to an aromatic ring is 1. The van der Waals surface area contributed by atoms with Crippen LogP contribution in [0.15, 0.2) is 35.1 Å². The monoisotopic (exact) mass is 257 g/mol. The van der Waals surface area contributed by atoms with E-state index in [0.717, 1.165) is 12.8 Å². The summed E-state index contributed by atoms with van der Waals surface area (Å²) in [5.74, 6) is 1.03. The molecule has 0 aliphatic carbocycles. The number of hydrogen-bond acceptors (Lipinski definition) is 3. The number of benzene rings is 1. The first kappa shape index (κ1) is 13.3. The van der Waals surface area contributed by atoms with E-state index >= 15 is 0 Å². The van der Waals surface area contributed by atoms with E-state index in [2.05, 4.69) is 22.1 Å². The molecule has 4 nitrogen and oxygen atoms in total. The second-order valence-electron chi connectivity index (χ2n) is 4.61. The van der Waals surface area contributed by atoms with Crippen LogP contribution < -0.4 is 11.3 Å². The van der Waals surface area contributed by atoms with Crippen LogP contribution >= 0.6 is 0 Å². The van der Waals surface area contributed by atoms with E-state index in [1.54, 1.807) is 0 Å². The van der Waals surface area contributed by atoms with E-state index in [-0.39, 0.29) is 5.56 Å². The molecule has 0 amide bonds. The lowest BCUT2D eigenvalue weighted by Crippen LogP contribution is -2.20. The van der Waals surface area contributed by atoms with Gasteiger partial charge >= 0.3 is 0 Å². The SMILES string of the molecule is CCCc1c(N)nc(CCc2ccccc2)[nH]c1=O. The summed E-state index contributed by atoms with van der Waals surface area (Å²) in [7, 11) is 0. The van der Waals surface area contributed by atoms with Crippen LogP contribution in [0.1, 0.15) is 30.3 Å². The van der Waals surface area contributed by atoms with Crippen LogP contribution in [0.25, 0.3) is 0 Å². The van der Waals surface area contributed by atoms with E-state index in [1.165, 1.54) is 5.56 Å². The lowest BCUT2D eigenvalue weighted by atomic mass is 10.1. The molecule has 0 saturated heterocycles. The van der Waals surface area contributed by atoms with Crippen molar-refractivity contribution in [2.75, 3.05) is 5.73 Å². The highest BCUT2D eigenvalue weighted by molar-refractivity contribution is 5.37. The number of anilines is 1. The van der Waals surface area contributed by atoms with Gasteiger partial charge in [-0.3, -0.25) is 4.79 Å². The summed E-state index contributed by atoms with van der Waals surface area (Å²) in [6, 6.07) is 10.1. The third-order valence-electron chi connectivity index (χ3n) is 3.09. The molecule has 4 heteroatoms. The van der Waals surface area contributed by atoms with Gasteiger partial charge in [-0.05, 0) is 18.4 Å². The molecule has 0 unspecified atom stereocenters. The van der Waals surface area contributed by atoms with Crippen molar-refractivity contribution in [3.63, 3.8) is 0 Å². The van der Waals surface area contributed by atoms with Crippen LogP contribution in [0.2, 0.25) is 0 Å². The highest BCUT2D eigenvalue weighted by Crippen LogP contribution is 2.08. The number of rotatable bonds is 5. The molecule has 3 N–H and O–H groups in total. The third kappa shape index (κ3) is 3.44. The van der Waals surface area contributed by atoms with Gasteiger partial charge in [0.05, 0.1) is 5.56 Å². The summed E-state index contributed by atoms with van der Waals surface area (Å²) in [4.78, 5) is 19.0. The van der Waals surface area contributed by atoms with E-state index < -0.39 is 0 Å². The molecule has 2 aromatic rings. The Kier molecular flexibility index (Phi) is 4.34. The average Bonchev–Trinajstić information content (AvgIpc) is 2.42. The maximum atomic E-state index is 11.9. The minimum Gasteiger partial charge on any atom is -0.383 e. The third-order valence-corrected chi connectivity index (χ3v) is 3.09. The summed E-state index contributed by atoms with van der Waals surface area (Å²) in [6.07, 6.45) is 3.09. The Morgan fingerprint density at radius 2 is 1.89 bits per heavy atom. The zero-order valence-electron chi connectivity index (χ0n) is 11.1. The molecule has 0 bridgehead atoms. The standard InChI is InChI=1S/C15H19N3O/c1-2-6-12-14(16)17-13(18-15(12)19)10-9-11-7-4-3-5-8-11/h3-5,7-8H,2,6,9-10H2,1H3,(H3,16,17,18,19). The van der Waals surface area contributed by atoms with Crippen molar-refractivity contribution < 1.29 is 0 Å². The molecular weight excluding hydrogens is 238 g/mol. The molecule has 1 aromatic heterocycles. The van der Waals surface area contributed by atoms with E-state index in [1.807, 2.05) is 25.1 Å². The summed E-state index contributed by atoms with van der Waals surface area (Å²) in [5, 5.41) is 0. The van der Waals surface area contributed by atoms with Crippen LogP contribution in [0.5, 0.6) is 0 Å². The topological polar surface area (TPSA) is 71.8 Å². The van der Waals surface area contributed by atoms with Crippen LogP contribution in [-0.4, -0.2) is 9.97 Å². The summed E-state index contributed by atoms with van der Waals surface area (Å²) in [5.41, 5.74) is 7.57. The Morgan fingerprint density at radius 3 is 2.53 bits per heavy atom. The number of H-pyrrole nitrogens is 1. The fourth-order valence-electron chi connectivity index (χ4n) is 2.08. The normalized spacial score (nSPS) is 10.6. The lowest BCUT2D eigenvalue weighted by Gasteiger charge is -2.06. The molecule has 1 aromatic carbocycles. The smallest absolute Gasteiger partial charge is 0.256 e. The molecule has 1 heterocycles. The van der Waals surface area contributed by atoms with Gasteiger partial charge in [0.2, 0.25) is 0 Å². The van der Waals surface area contributed by atoms with Crippen molar-refractivity contribution in [2.24, 2.45) is 0 Å². The zero-order chi connectivity index (χ0) is 13.7. The predicted octanol–water partition coefficient (Wildman–Crippen LogP) is 2.09. The van der Waals surface area contributed by atoms with Gasteiger partial charge in [-0.25, -0.2) is 4.98 Å². The van der Waals surface area contributed by atoms with Gasteiger partial charge in [-0.15, -0.1) is 0 Å². The summed E-state index contributed by atoms with van der Waals surface area (Å²) < 4.78 is 0. The molecular formula is C15H19N3O. The maximum Gasteiger partial charge on any atom is 0.256 e. The maximum absolute atomic E-state index is 11.9. The molecule has 0 spiro atoms. The van der Waals surface area contributed by atoms with Crippen molar-refractivity contribution in [3.8, 4) is 0 Å². The van der Waals surface area contributed by atoms with Gasteiger partial charge in [-0.2, -0.15) is 0 Å². The minimum atomic E-state index is -0.0996. The molecule has 0 atom stereocenters. The largest absolute Gasteiger partial charge is 0.383 e. The summed E-state index contributed by atoms with van der Waals surface area (Å²) >= 11 is 0. The first-order valence-electron chi connectivity index (χ1n) is 6.62. The molecule has 100 valence electrons. The van der Waals surface area contributed by atoms with E-state index in [9.17, 15) is 4.79 Å². The number of nitrogens with two attached hydrogens (primary N) is 1. The van der Waals surface area contributed by atoms with Crippen molar-refractivity contribution in [3.05, 3.63) is 57.6 Å². The highest BCUT2D eigenvalue weighted by Gasteiger charge is 2.08. The highest BCUT2D eigenvalue weighted by atomic mass is 16.1. The van der Waals surface area contributed by atoms with Crippen LogP contribution in [0, 0.1) is 0 Å². The Bertz CT molecular complexity index is 590. The fourth-order valence-corrected chi connectivity index (χ4v) is 2.08. The van der Waals surface area contributed by atoms with Crippen molar-refractivity contribution in [1.29, 1.82) is 0 Å². The Morgan fingerprint density at radius 1 is 1.16 bits per heavy atom. The number of aromatic amines is 1. The number of nitrogens with one attached hydrogen (secondary N) is 1. The average molecular weight is 257 g/mol. The Labute approximate surface area is 112 Å². The summed E-state index contributed by atoms with van der Waals surface area (Å²) in [6.45, 7) is 2.02. The first-order chi connectivity index (χ1) is 9.20. The minimum absolute atomic E-state index is 0.0996. The van der Waals surface area contributed by atoms with Gasteiger partial charge < -0.3 is 10.7 Å². The van der Waals surface area contributed by atoms with Gasteiger partial charge in [-0.1, -0.05) is 43.7 Å². The molecule has 2 rings (SSSR count). The van der Waals surface area contributed by atoms with Crippen molar-refractivity contribution >= 4 is 5.82 Å². The molecule has 19 heavy (non-hydrogen) atoms. The van der Waals surface area contributed by atoms with Crippen LogP contribution in [0.3, 0.4) is 0 Å². The van der Waals surface area contributed by atoms with Crippen molar-refractivity contribution in [2.45, 2.75) is 32.6 Å². The predicted molar refractivity (Wildman–Crippen MR) is 77.1 cm³/mol. The molecule has 0 aliphatic heterocycles. The zero-order valence-corrected chi connectivity index (χ0v) is 11.1.